The number of rotatable bonds is 4. The molecule has 1 aromatic carbocycles. The third kappa shape index (κ3) is 4.08. The lowest BCUT2D eigenvalue weighted by molar-refractivity contribution is -0.116. The van der Waals surface area contributed by atoms with Crippen LogP contribution in [0.4, 0.5) is 5.69 Å². The number of halogens is 1. The fourth-order valence-electron chi connectivity index (χ4n) is 1.99. The molecule has 0 radical (unpaired) electrons. The van der Waals surface area contributed by atoms with Crippen LogP contribution in [0.25, 0.3) is 0 Å². The minimum atomic E-state index is -0.0209. The van der Waals surface area contributed by atoms with Crippen molar-refractivity contribution in [2.75, 3.05) is 25.0 Å². The van der Waals surface area contributed by atoms with Gasteiger partial charge in [0.05, 0.1) is 12.2 Å². The number of benzene rings is 1. The predicted molar refractivity (Wildman–Crippen MR) is 76.2 cm³/mol. The normalized spacial score (nSPS) is 16.5. The van der Waals surface area contributed by atoms with E-state index >= 15 is 0 Å². The van der Waals surface area contributed by atoms with Crippen LogP contribution >= 0.6 is 15.9 Å². The first kappa shape index (κ1) is 13.5. The molecule has 0 spiro atoms. The molecule has 0 atom stereocenters. The van der Waals surface area contributed by atoms with E-state index in [0.717, 1.165) is 23.2 Å². The van der Waals surface area contributed by atoms with Crippen molar-refractivity contribution >= 4 is 27.5 Å². The van der Waals surface area contributed by atoms with Crippen molar-refractivity contribution in [3.05, 3.63) is 28.7 Å². The summed E-state index contributed by atoms with van der Waals surface area (Å²) in [4.78, 5) is 11.8. The summed E-state index contributed by atoms with van der Waals surface area (Å²) in [7, 11) is 0. The lowest BCUT2D eigenvalue weighted by Gasteiger charge is -2.26. The standard InChI is InChI=1S/C13H18BrN3O/c14-11-6-2-3-7-12(11)16-13(18)10-15-17-8-4-1-5-9-17/h2-3,6-7,15H,1,4-5,8-10H2,(H,16,18). The van der Waals surface area contributed by atoms with Gasteiger partial charge in [-0.15, -0.1) is 0 Å². The topological polar surface area (TPSA) is 44.4 Å². The Hall–Kier alpha value is -0.910. The Kier molecular flexibility index (Phi) is 5.16. The van der Waals surface area contributed by atoms with E-state index in [2.05, 4.69) is 31.7 Å². The second-order valence-corrected chi connectivity index (χ2v) is 5.26. The second kappa shape index (κ2) is 6.87. The fourth-order valence-corrected chi connectivity index (χ4v) is 2.38. The minimum Gasteiger partial charge on any atom is -0.324 e. The molecule has 0 saturated carbocycles. The van der Waals surface area contributed by atoms with Crippen molar-refractivity contribution in [2.45, 2.75) is 19.3 Å². The molecule has 2 rings (SSSR count). The summed E-state index contributed by atoms with van der Waals surface area (Å²) in [6.45, 7) is 2.38. The van der Waals surface area contributed by atoms with E-state index in [1.807, 2.05) is 24.3 Å². The smallest absolute Gasteiger partial charge is 0.239 e. The van der Waals surface area contributed by atoms with E-state index < -0.39 is 0 Å². The zero-order valence-electron chi connectivity index (χ0n) is 10.3. The lowest BCUT2D eigenvalue weighted by Crippen LogP contribution is -2.45. The molecule has 0 bridgehead atoms. The highest BCUT2D eigenvalue weighted by Crippen LogP contribution is 2.20. The summed E-state index contributed by atoms with van der Waals surface area (Å²) in [6, 6.07) is 7.61. The molecule has 5 heteroatoms. The number of nitrogens with one attached hydrogen (secondary N) is 2. The van der Waals surface area contributed by atoms with Crippen molar-refractivity contribution in [3.63, 3.8) is 0 Å². The van der Waals surface area contributed by atoms with Gasteiger partial charge in [0.2, 0.25) is 5.91 Å². The molecule has 4 nitrogen and oxygen atoms in total. The third-order valence-electron chi connectivity index (χ3n) is 2.97. The highest BCUT2D eigenvalue weighted by Gasteiger charge is 2.11. The van der Waals surface area contributed by atoms with Gasteiger partial charge >= 0.3 is 0 Å². The molecule has 2 N–H and O–H groups in total. The van der Waals surface area contributed by atoms with Crippen LogP contribution < -0.4 is 10.7 Å². The van der Waals surface area contributed by atoms with Crippen molar-refractivity contribution < 1.29 is 4.79 Å². The molecule has 1 aliphatic rings. The molecule has 1 fully saturated rings. The van der Waals surface area contributed by atoms with Crippen molar-refractivity contribution in [2.24, 2.45) is 0 Å². The van der Waals surface area contributed by atoms with Gasteiger partial charge in [-0.2, -0.15) is 0 Å². The van der Waals surface area contributed by atoms with Crippen LogP contribution in [0.15, 0.2) is 28.7 Å². The van der Waals surface area contributed by atoms with Gasteiger partial charge in [-0.3, -0.25) is 4.79 Å². The van der Waals surface area contributed by atoms with Crippen LogP contribution in [-0.2, 0) is 4.79 Å². The SMILES string of the molecule is O=C(CNN1CCCCC1)Nc1ccccc1Br. The fraction of sp³-hybridized carbons (Fsp3) is 0.462. The highest BCUT2D eigenvalue weighted by molar-refractivity contribution is 9.10. The molecule has 1 aliphatic heterocycles. The average Bonchev–Trinajstić information content (AvgIpc) is 2.40. The lowest BCUT2D eigenvalue weighted by atomic mass is 10.2. The molecule has 0 unspecified atom stereocenters. The van der Waals surface area contributed by atoms with Crippen molar-refractivity contribution in [3.8, 4) is 0 Å². The van der Waals surface area contributed by atoms with Gasteiger partial charge in [0.25, 0.3) is 0 Å². The van der Waals surface area contributed by atoms with E-state index in [1.165, 1.54) is 19.3 Å². The molecule has 18 heavy (non-hydrogen) atoms. The molecule has 0 aromatic heterocycles. The first-order valence-electron chi connectivity index (χ1n) is 6.28. The summed E-state index contributed by atoms with van der Waals surface area (Å²) < 4.78 is 0.899. The zero-order chi connectivity index (χ0) is 12.8. The summed E-state index contributed by atoms with van der Waals surface area (Å²) >= 11 is 3.41. The van der Waals surface area contributed by atoms with Crippen LogP contribution in [0, 0.1) is 0 Å². The number of nitrogens with zero attached hydrogens (tertiary/aromatic N) is 1. The van der Waals surface area contributed by atoms with Gasteiger partial charge in [0.1, 0.15) is 0 Å². The number of hydrogen-bond acceptors (Lipinski definition) is 3. The maximum Gasteiger partial charge on any atom is 0.239 e. The Morgan fingerprint density at radius 2 is 1.94 bits per heavy atom. The summed E-state index contributed by atoms with van der Waals surface area (Å²) in [5, 5.41) is 5.00. The van der Waals surface area contributed by atoms with Crippen LogP contribution in [-0.4, -0.2) is 30.6 Å². The number of piperidine rings is 1. The molecule has 1 heterocycles. The monoisotopic (exact) mass is 311 g/mol. The number of amides is 1. The van der Waals surface area contributed by atoms with Crippen molar-refractivity contribution in [1.29, 1.82) is 0 Å². The van der Waals surface area contributed by atoms with Crippen molar-refractivity contribution in [1.82, 2.24) is 10.4 Å². The Balaban J connectivity index is 1.76. The number of hydrazine groups is 1. The summed E-state index contributed by atoms with van der Waals surface area (Å²) in [5.74, 6) is -0.0209. The number of anilines is 1. The maximum absolute atomic E-state index is 11.8. The van der Waals surface area contributed by atoms with Crippen LogP contribution in [0.3, 0.4) is 0 Å². The molecule has 1 saturated heterocycles. The number of carbonyl (C=O) groups excluding carboxylic acids is 1. The predicted octanol–water partition coefficient (Wildman–Crippen LogP) is 2.38. The van der Waals surface area contributed by atoms with E-state index in [-0.39, 0.29) is 5.91 Å². The van der Waals surface area contributed by atoms with Gasteiger partial charge in [-0.1, -0.05) is 18.6 Å². The Labute approximate surface area is 116 Å². The van der Waals surface area contributed by atoms with Gasteiger partial charge in [-0.25, -0.2) is 10.4 Å². The van der Waals surface area contributed by atoms with Gasteiger partial charge < -0.3 is 5.32 Å². The number of para-hydroxylation sites is 1. The Bertz CT molecular complexity index is 405. The largest absolute Gasteiger partial charge is 0.324 e. The summed E-state index contributed by atoms with van der Waals surface area (Å²) in [5.41, 5.74) is 3.98. The second-order valence-electron chi connectivity index (χ2n) is 4.41. The van der Waals surface area contributed by atoms with Gasteiger partial charge in [0, 0.05) is 17.6 Å². The van der Waals surface area contributed by atoms with E-state index in [1.54, 1.807) is 0 Å². The molecule has 1 aromatic rings. The third-order valence-corrected chi connectivity index (χ3v) is 3.66. The quantitative estimate of drug-likeness (QED) is 0.897. The molecular formula is C13H18BrN3O. The number of hydrogen-bond donors (Lipinski definition) is 2. The van der Waals surface area contributed by atoms with Gasteiger partial charge in [-0.05, 0) is 40.9 Å². The van der Waals surface area contributed by atoms with Crippen LogP contribution in [0.5, 0.6) is 0 Å². The van der Waals surface area contributed by atoms with Crippen LogP contribution in [0.1, 0.15) is 19.3 Å². The number of carbonyl (C=O) groups is 1. The average molecular weight is 312 g/mol. The molecular weight excluding hydrogens is 294 g/mol. The first-order chi connectivity index (χ1) is 8.75. The first-order valence-corrected chi connectivity index (χ1v) is 7.08. The van der Waals surface area contributed by atoms with E-state index in [9.17, 15) is 4.79 Å². The minimum absolute atomic E-state index is 0.0209. The molecule has 1 amide bonds. The van der Waals surface area contributed by atoms with E-state index in [0.29, 0.717) is 6.54 Å². The maximum atomic E-state index is 11.8. The summed E-state index contributed by atoms with van der Waals surface area (Å²) in [6.07, 6.45) is 3.71. The van der Waals surface area contributed by atoms with Crippen LogP contribution in [0.2, 0.25) is 0 Å². The Morgan fingerprint density at radius 3 is 2.67 bits per heavy atom. The zero-order valence-corrected chi connectivity index (χ0v) is 11.9. The molecule has 0 aliphatic carbocycles. The van der Waals surface area contributed by atoms with Gasteiger partial charge in [0.15, 0.2) is 0 Å². The molecule has 98 valence electrons. The Morgan fingerprint density at radius 1 is 1.22 bits per heavy atom. The van der Waals surface area contributed by atoms with E-state index in [4.69, 9.17) is 0 Å². The highest BCUT2D eigenvalue weighted by atomic mass is 79.9.